The third-order valence-corrected chi connectivity index (χ3v) is 1.61. The number of hydrogen-bond acceptors (Lipinski definition) is 3. The fraction of sp³-hybridized carbons (Fsp3) is 0.778. The molecule has 0 spiro atoms. The summed E-state index contributed by atoms with van der Waals surface area (Å²) in [6.45, 7) is 5.77. The maximum Gasteiger partial charge on any atom is 0.208 e. The van der Waals surface area contributed by atoms with E-state index in [4.69, 9.17) is 4.74 Å². The van der Waals surface area contributed by atoms with Gasteiger partial charge in [-0.25, -0.2) is 0 Å². The summed E-state index contributed by atoms with van der Waals surface area (Å²) in [5.41, 5.74) is 0. The first-order valence-corrected chi connectivity index (χ1v) is 4.65. The lowest BCUT2D eigenvalue weighted by molar-refractivity contribution is -0.112. The number of rotatable bonds is 8. The monoisotopic (exact) mass is 202 g/mol. The molecule has 0 heterocycles. The van der Waals surface area contributed by atoms with Gasteiger partial charge in [-0.1, -0.05) is 0 Å². The quantitative estimate of drug-likeness (QED) is 0.430. The van der Waals surface area contributed by atoms with E-state index in [1.54, 1.807) is 0 Å². The lowest BCUT2D eigenvalue weighted by Crippen LogP contribution is -2.43. The molecule has 0 aliphatic carbocycles. The van der Waals surface area contributed by atoms with E-state index in [9.17, 15) is 9.59 Å². The molecule has 0 aromatic rings. The normalized spacial score (nSPS) is 12.6. The lowest BCUT2D eigenvalue weighted by atomic mass is 10.2. The van der Waals surface area contributed by atoms with E-state index in [1.165, 1.54) is 0 Å². The van der Waals surface area contributed by atoms with Crippen LogP contribution in [0.2, 0.25) is 0 Å². The zero-order valence-corrected chi connectivity index (χ0v) is 8.82. The van der Waals surface area contributed by atoms with Gasteiger partial charge in [0.2, 0.25) is 12.8 Å². The summed E-state index contributed by atoms with van der Waals surface area (Å²) in [6, 6.07) is 0. The molecule has 0 fully saturated rings. The van der Waals surface area contributed by atoms with Crippen molar-refractivity contribution in [1.82, 2.24) is 10.6 Å². The van der Waals surface area contributed by atoms with E-state index in [2.05, 4.69) is 10.6 Å². The lowest BCUT2D eigenvalue weighted by Gasteiger charge is -2.21. The third-order valence-electron chi connectivity index (χ3n) is 1.61. The first-order valence-electron chi connectivity index (χ1n) is 4.65. The molecule has 5 heteroatoms. The van der Waals surface area contributed by atoms with Crippen LogP contribution in [-0.4, -0.2) is 31.2 Å². The number of carbonyl (C=O) groups is 2. The second-order valence-electron chi connectivity index (χ2n) is 3.35. The van der Waals surface area contributed by atoms with Gasteiger partial charge in [-0.05, 0) is 20.8 Å². The predicted octanol–water partition coefficient (Wildman–Crippen LogP) is 0.00810. The molecular formula is C9H18N2O3. The Morgan fingerprint density at radius 3 is 2.00 bits per heavy atom. The van der Waals surface area contributed by atoms with Crippen LogP contribution in [0.5, 0.6) is 0 Å². The minimum absolute atomic E-state index is 0.0140. The number of ether oxygens (including phenoxy) is 1. The number of carbonyl (C=O) groups excluding carboxylic acids is 2. The van der Waals surface area contributed by atoms with Crippen molar-refractivity contribution in [1.29, 1.82) is 0 Å². The molecule has 0 saturated carbocycles. The van der Waals surface area contributed by atoms with Gasteiger partial charge in [-0.15, -0.1) is 0 Å². The minimum Gasteiger partial charge on any atom is -0.376 e. The van der Waals surface area contributed by atoms with E-state index >= 15 is 0 Å². The molecule has 0 rings (SSSR count). The highest BCUT2D eigenvalue weighted by atomic mass is 16.5. The van der Waals surface area contributed by atoms with Crippen molar-refractivity contribution in [2.24, 2.45) is 0 Å². The van der Waals surface area contributed by atoms with Crippen LogP contribution in [0, 0.1) is 0 Å². The van der Waals surface area contributed by atoms with E-state index < -0.39 is 0 Å². The van der Waals surface area contributed by atoms with E-state index in [-0.39, 0.29) is 18.4 Å². The van der Waals surface area contributed by atoms with Crippen molar-refractivity contribution < 1.29 is 14.3 Å². The minimum atomic E-state index is -0.362. The van der Waals surface area contributed by atoms with Gasteiger partial charge in [0.15, 0.2) is 0 Å². The van der Waals surface area contributed by atoms with Crippen molar-refractivity contribution in [3.05, 3.63) is 0 Å². The number of hydrogen-bond donors (Lipinski definition) is 2. The standard InChI is InChI=1S/C9H18N2O3/c1-7(2)14-8(3)4-9(10-5-12)11-6-13/h5-9H,4H2,1-3H3,(H,10,12)(H,11,13). The molecule has 1 unspecified atom stereocenters. The van der Waals surface area contributed by atoms with Crippen LogP contribution < -0.4 is 10.6 Å². The average Bonchev–Trinajstić information content (AvgIpc) is 2.03. The summed E-state index contributed by atoms with van der Waals surface area (Å²) >= 11 is 0. The summed E-state index contributed by atoms with van der Waals surface area (Å²) in [6.07, 6.45) is 1.43. The van der Waals surface area contributed by atoms with Gasteiger partial charge in [-0.3, -0.25) is 9.59 Å². The Morgan fingerprint density at radius 2 is 1.64 bits per heavy atom. The highest BCUT2D eigenvalue weighted by Crippen LogP contribution is 2.03. The Labute approximate surface area is 84.2 Å². The summed E-state index contributed by atoms with van der Waals surface area (Å²) in [5, 5.41) is 4.97. The van der Waals surface area contributed by atoms with Crippen LogP contribution in [0.4, 0.5) is 0 Å². The molecule has 0 aliphatic rings. The van der Waals surface area contributed by atoms with Gasteiger partial charge in [0.25, 0.3) is 0 Å². The molecule has 0 aliphatic heterocycles. The second kappa shape index (κ2) is 7.32. The zero-order valence-electron chi connectivity index (χ0n) is 8.82. The molecule has 5 nitrogen and oxygen atoms in total. The first kappa shape index (κ1) is 12.9. The predicted molar refractivity (Wildman–Crippen MR) is 52.5 cm³/mol. The van der Waals surface area contributed by atoms with Gasteiger partial charge >= 0.3 is 0 Å². The first-order chi connectivity index (χ1) is 6.60. The Kier molecular flexibility index (Phi) is 6.74. The molecule has 0 aromatic carbocycles. The summed E-state index contributed by atoms with van der Waals surface area (Å²) in [4.78, 5) is 20.4. The van der Waals surface area contributed by atoms with Crippen molar-refractivity contribution in [3.63, 3.8) is 0 Å². The SMILES string of the molecule is CC(C)OC(C)CC(NC=O)NC=O. The Balaban J connectivity index is 3.87. The van der Waals surface area contributed by atoms with Gasteiger partial charge in [-0.2, -0.15) is 0 Å². The summed E-state index contributed by atoms with van der Waals surface area (Å²) in [5.74, 6) is 0. The van der Waals surface area contributed by atoms with Crippen molar-refractivity contribution in [2.75, 3.05) is 0 Å². The van der Waals surface area contributed by atoms with Crippen LogP contribution in [0.3, 0.4) is 0 Å². The van der Waals surface area contributed by atoms with Crippen molar-refractivity contribution in [3.8, 4) is 0 Å². The molecule has 0 saturated heterocycles. The maximum absolute atomic E-state index is 10.2. The highest BCUT2D eigenvalue weighted by Gasteiger charge is 2.12. The largest absolute Gasteiger partial charge is 0.376 e. The fourth-order valence-corrected chi connectivity index (χ4v) is 1.20. The number of nitrogens with one attached hydrogen (secondary N) is 2. The topological polar surface area (TPSA) is 67.4 Å². The smallest absolute Gasteiger partial charge is 0.208 e. The molecule has 1 atom stereocenters. The molecule has 0 bridgehead atoms. The van der Waals surface area contributed by atoms with E-state index in [0.29, 0.717) is 19.2 Å². The zero-order chi connectivity index (χ0) is 11.0. The maximum atomic E-state index is 10.2. The Hall–Kier alpha value is -1.10. The highest BCUT2D eigenvalue weighted by molar-refractivity contribution is 5.50. The van der Waals surface area contributed by atoms with E-state index in [1.807, 2.05) is 20.8 Å². The summed E-state index contributed by atoms with van der Waals surface area (Å²) in [7, 11) is 0. The van der Waals surface area contributed by atoms with Gasteiger partial charge < -0.3 is 15.4 Å². The molecule has 2 amide bonds. The fourth-order valence-electron chi connectivity index (χ4n) is 1.20. The molecule has 82 valence electrons. The molecule has 0 aromatic heterocycles. The number of amides is 2. The third kappa shape index (κ3) is 6.42. The summed E-state index contributed by atoms with van der Waals surface area (Å²) < 4.78 is 5.46. The molecular weight excluding hydrogens is 184 g/mol. The second-order valence-corrected chi connectivity index (χ2v) is 3.35. The van der Waals surface area contributed by atoms with Crippen molar-refractivity contribution >= 4 is 12.8 Å². The van der Waals surface area contributed by atoms with Crippen LogP contribution in [-0.2, 0) is 14.3 Å². The van der Waals surface area contributed by atoms with Crippen LogP contribution >= 0.6 is 0 Å². The van der Waals surface area contributed by atoms with E-state index in [0.717, 1.165) is 0 Å². The average molecular weight is 202 g/mol. The van der Waals surface area contributed by atoms with Crippen LogP contribution in [0.25, 0.3) is 0 Å². The van der Waals surface area contributed by atoms with Crippen molar-refractivity contribution in [2.45, 2.75) is 45.6 Å². The Morgan fingerprint density at radius 1 is 1.14 bits per heavy atom. The van der Waals surface area contributed by atoms with Gasteiger partial charge in [0.05, 0.1) is 12.2 Å². The Bertz CT molecular complexity index is 163. The van der Waals surface area contributed by atoms with Crippen LogP contribution in [0.1, 0.15) is 27.2 Å². The van der Waals surface area contributed by atoms with Gasteiger partial charge in [0.1, 0.15) is 6.17 Å². The van der Waals surface area contributed by atoms with Crippen LogP contribution in [0.15, 0.2) is 0 Å². The molecule has 0 radical (unpaired) electrons. The molecule has 2 N–H and O–H groups in total. The van der Waals surface area contributed by atoms with Gasteiger partial charge in [0, 0.05) is 6.42 Å². The molecule has 14 heavy (non-hydrogen) atoms.